The summed E-state index contributed by atoms with van der Waals surface area (Å²) in [6.07, 6.45) is 1.60. The van der Waals surface area contributed by atoms with Crippen molar-refractivity contribution in [3.8, 4) is 5.75 Å². The number of aryl methyl sites for hydroxylation is 1. The Kier molecular flexibility index (Phi) is 5.57. The number of fused-ring (bicyclic) bond motifs is 1. The van der Waals surface area contributed by atoms with E-state index in [1.807, 2.05) is 0 Å². The van der Waals surface area contributed by atoms with Gasteiger partial charge in [0.1, 0.15) is 12.4 Å². The number of amides is 1. The number of hydrogen-bond acceptors (Lipinski definition) is 5. The Morgan fingerprint density at radius 3 is 2.90 bits per heavy atom. The van der Waals surface area contributed by atoms with Gasteiger partial charge in [0.25, 0.3) is 5.91 Å². The van der Waals surface area contributed by atoms with Crippen molar-refractivity contribution in [2.24, 2.45) is 0 Å². The molecule has 0 bridgehead atoms. The molecule has 0 saturated carbocycles. The molecule has 0 aliphatic carbocycles. The summed E-state index contributed by atoms with van der Waals surface area (Å²) in [5, 5.41) is 13.0. The third kappa shape index (κ3) is 3.69. The Bertz CT molecular complexity index is 1110. The van der Waals surface area contributed by atoms with Crippen LogP contribution >= 0.6 is 11.6 Å². The zero-order chi connectivity index (χ0) is 21.3. The second-order valence-electron chi connectivity index (χ2n) is 6.90. The smallest absolute Gasteiger partial charge is 0.259 e. The van der Waals surface area contributed by atoms with Crippen molar-refractivity contribution in [3.63, 3.8) is 0 Å². The molecule has 4 rings (SSSR count). The molecule has 154 valence electrons. The molecule has 30 heavy (non-hydrogen) atoms. The molecule has 0 fully saturated rings. The maximum atomic E-state index is 13.8. The Morgan fingerprint density at radius 1 is 1.33 bits per heavy atom. The van der Waals surface area contributed by atoms with Crippen molar-refractivity contribution in [2.45, 2.75) is 13.0 Å². The Hall–Kier alpha value is -3.16. The van der Waals surface area contributed by atoms with Crippen LogP contribution in [0.3, 0.4) is 0 Å². The zero-order valence-electron chi connectivity index (χ0n) is 16.1. The fraction of sp³-hybridized carbons (Fsp3) is 0.182. The van der Waals surface area contributed by atoms with Crippen LogP contribution in [0.1, 0.15) is 15.9 Å². The SMILES string of the molecule is Cc1ccc(NC(=O)c2cccc3c2OC[C@H](CO)N3c2ncccc2Cl)cc1F. The van der Waals surface area contributed by atoms with E-state index < -0.39 is 17.8 Å². The monoisotopic (exact) mass is 427 g/mol. The largest absolute Gasteiger partial charge is 0.488 e. The number of aliphatic hydroxyl groups is 1. The number of aromatic nitrogens is 1. The van der Waals surface area contributed by atoms with E-state index in [9.17, 15) is 14.3 Å². The molecule has 1 atom stereocenters. The summed E-state index contributed by atoms with van der Waals surface area (Å²) in [6.45, 7) is 1.60. The molecule has 0 radical (unpaired) electrons. The molecule has 0 spiro atoms. The number of carbonyl (C=O) groups excluding carboxylic acids is 1. The molecule has 2 aromatic carbocycles. The van der Waals surface area contributed by atoms with Crippen LogP contribution in [0.25, 0.3) is 0 Å². The van der Waals surface area contributed by atoms with Gasteiger partial charge in [0, 0.05) is 11.9 Å². The summed E-state index contributed by atoms with van der Waals surface area (Å²) in [6, 6.07) is 12.6. The second kappa shape index (κ2) is 8.30. The van der Waals surface area contributed by atoms with Crippen LogP contribution in [0.4, 0.5) is 21.6 Å². The highest BCUT2D eigenvalue weighted by molar-refractivity contribution is 6.33. The Morgan fingerprint density at radius 2 is 2.17 bits per heavy atom. The van der Waals surface area contributed by atoms with Gasteiger partial charge in [-0.05, 0) is 48.9 Å². The fourth-order valence-electron chi connectivity index (χ4n) is 3.34. The number of nitrogens with one attached hydrogen (secondary N) is 1. The lowest BCUT2D eigenvalue weighted by atomic mass is 10.1. The van der Waals surface area contributed by atoms with E-state index in [1.165, 1.54) is 6.07 Å². The van der Waals surface area contributed by atoms with Crippen LogP contribution in [0.2, 0.25) is 5.02 Å². The first kappa shape index (κ1) is 20.1. The van der Waals surface area contributed by atoms with Crippen molar-refractivity contribution in [1.29, 1.82) is 0 Å². The first-order valence-electron chi connectivity index (χ1n) is 9.33. The number of anilines is 3. The summed E-state index contributed by atoms with van der Waals surface area (Å²) in [7, 11) is 0. The van der Waals surface area contributed by atoms with E-state index in [2.05, 4.69) is 10.3 Å². The molecular weight excluding hydrogens is 409 g/mol. The van der Waals surface area contributed by atoms with E-state index in [4.69, 9.17) is 16.3 Å². The van der Waals surface area contributed by atoms with Crippen molar-refractivity contribution >= 4 is 34.7 Å². The summed E-state index contributed by atoms with van der Waals surface area (Å²) >= 11 is 6.34. The van der Waals surface area contributed by atoms with E-state index in [0.717, 1.165) is 0 Å². The van der Waals surface area contributed by atoms with Gasteiger partial charge >= 0.3 is 0 Å². The molecule has 1 aromatic heterocycles. The molecule has 0 unspecified atom stereocenters. The van der Waals surface area contributed by atoms with Crippen molar-refractivity contribution < 1.29 is 19.0 Å². The minimum absolute atomic E-state index is 0.139. The lowest BCUT2D eigenvalue weighted by Crippen LogP contribution is -2.43. The fourth-order valence-corrected chi connectivity index (χ4v) is 3.55. The first-order valence-corrected chi connectivity index (χ1v) is 9.71. The number of hydrogen-bond donors (Lipinski definition) is 2. The highest BCUT2D eigenvalue weighted by atomic mass is 35.5. The lowest BCUT2D eigenvalue weighted by molar-refractivity contribution is 0.102. The molecule has 1 aliphatic heterocycles. The maximum absolute atomic E-state index is 13.8. The van der Waals surface area contributed by atoms with E-state index in [0.29, 0.717) is 33.5 Å². The molecule has 1 amide bonds. The maximum Gasteiger partial charge on any atom is 0.259 e. The third-order valence-corrected chi connectivity index (χ3v) is 5.19. The van der Waals surface area contributed by atoms with Gasteiger partial charge in [0.15, 0.2) is 11.6 Å². The van der Waals surface area contributed by atoms with Crippen LogP contribution in [0.5, 0.6) is 5.75 Å². The molecule has 3 aromatic rings. The van der Waals surface area contributed by atoms with Gasteiger partial charge in [-0.1, -0.05) is 23.7 Å². The van der Waals surface area contributed by atoms with Gasteiger partial charge in [-0.15, -0.1) is 0 Å². The summed E-state index contributed by atoms with van der Waals surface area (Å²) in [5.41, 5.74) is 1.67. The predicted octanol–water partition coefficient (Wildman–Crippen LogP) is 4.33. The average molecular weight is 428 g/mol. The van der Waals surface area contributed by atoms with Crippen molar-refractivity contribution in [1.82, 2.24) is 4.98 Å². The summed E-state index contributed by atoms with van der Waals surface area (Å²) < 4.78 is 19.7. The normalized spacial score (nSPS) is 15.3. The highest BCUT2D eigenvalue weighted by Crippen LogP contribution is 2.42. The van der Waals surface area contributed by atoms with E-state index in [1.54, 1.807) is 60.5 Å². The van der Waals surface area contributed by atoms with E-state index >= 15 is 0 Å². The molecule has 1 aliphatic rings. The number of benzene rings is 2. The minimum atomic E-state index is -0.440. The summed E-state index contributed by atoms with van der Waals surface area (Å²) in [4.78, 5) is 19.0. The predicted molar refractivity (Wildman–Crippen MR) is 113 cm³/mol. The van der Waals surface area contributed by atoms with Crippen molar-refractivity contribution in [3.05, 3.63) is 76.7 Å². The van der Waals surface area contributed by atoms with Gasteiger partial charge in [-0.25, -0.2) is 9.37 Å². The first-order chi connectivity index (χ1) is 14.5. The number of para-hydroxylation sites is 1. The lowest BCUT2D eigenvalue weighted by Gasteiger charge is -2.37. The van der Waals surface area contributed by atoms with E-state index in [-0.39, 0.29) is 18.8 Å². The topological polar surface area (TPSA) is 74.7 Å². The molecule has 8 heteroatoms. The van der Waals surface area contributed by atoms with Crippen LogP contribution < -0.4 is 15.0 Å². The van der Waals surface area contributed by atoms with Gasteiger partial charge in [0.2, 0.25) is 0 Å². The Labute approximate surface area is 177 Å². The number of halogens is 2. The standard InChI is InChI=1S/C22H19ClFN3O3/c1-13-7-8-14(10-18(13)24)26-22(29)16-4-2-6-19-20(16)30-12-15(11-28)27(19)21-17(23)5-3-9-25-21/h2-10,15,28H,11-12H2,1H3,(H,26,29)/t15-/m0/s1. The molecule has 2 N–H and O–H groups in total. The van der Waals surface area contributed by atoms with Crippen LogP contribution in [0, 0.1) is 12.7 Å². The van der Waals surface area contributed by atoms with Crippen LogP contribution in [-0.2, 0) is 0 Å². The quantitative estimate of drug-likeness (QED) is 0.648. The number of rotatable bonds is 4. The highest BCUT2D eigenvalue weighted by Gasteiger charge is 2.33. The number of ether oxygens (including phenoxy) is 1. The number of carbonyl (C=O) groups is 1. The second-order valence-corrected chi connectivity index (χ2v) is 7.31. The molecule has 0 saturated heterocycles. The molecule has 6 nitrogen and oxygen atoms in total. The number of aliphatic hydroxyl groups excluding tert-OH is 1. The molecular formula is C22H19ClFN3O3. The van der Waals surface area contributed by atoms with Gasteiger partial charge in [-0.2, -0.15) is 0 Å². The Balaban J connectivity index is 1.73. The van der Waals surface area contributed by atoms with Crippen LogP contribution in [-0.4, -0.2) is 35.3 Å². The zero-order valence-corrected chi connectivity index (χ0v) is 16.9. The third-order valence-electron chi connectivity index (χ3n) is 4.89. The number of pyridine rings is 1. The molecule has 2 heterocycles. The van der Waals surface area contributed by atoms with Gasteiger partial charge in [0.05, 0.1) is 28.9 Å². The van der Waals surface area contributed by atoms with Crippen molar-refractivity contribution in [2.75, 3.05) is 23.4 Å². The van der Waals surface area contributed by atoms with Crippen LogP contribution in [0.15, 0.2) is 54.7 Å². The van der Waals surface area contributed by atoms with Gasteiger partial charge < -0.3 is 20.1 Å². The minimum Gasteiger partial charge on any atom is -0.488 e. The number of nitrogens with zero attached hydrogens (tertiary/aromatic N) is 2. The summed E-state index contributed by atoms with van der Waals surface area (Å²) in [5.74, 6) is -0.0412. The van der Waals surface area contributed by atoms with Gasteiger partial charge in [-0.3, -0.25) is 4.79 Å². The average Bonchev–Trinajstić information content (AvgIpc) is 2.75.